The van der Waals surface area contributed by atoms with Crippen molar-refractivity contribution in [2.45, 2.75) is 19.8 Å². The minimum atomic E-state index is -1.56. The van der Waals surface area contributed by atoms with Crippen LogP contribution in [-0.4, -0.2) is 11.1 Å². The number of allylic oxidation sites excluding steroid dienone is 1. The molecule has 0 fully saturated rings. The molecular weight excluding hydrogens is 214 g/mol. The Balaban J connectivity index is 2.90. The molecule has 0 aromatic heterocycles. The number of carboxylic acids is 1. The molecule has 0 saturated heterocycles. The minimum Gasteiger partial charge on any atom is -0.476 e. The third-order valence-electron chi connectivity index (χ3n) is 2.26. The molecule has 1 aromatic carbocycles. The molecule has 0 saturated carbocycles. The Bertz CT molecular complexity index is 408. The van der Waals surface area contributed by atoms with Crippen LogP contribution in [0.2, 0.25) is 0 Å². The van der Waals surface area contributed by atoms with Crippen molar-refractivity contribution in [2.24, 2.45) is 0 Å². The first-order valence-electron chi connectivity index (χ1n) is 4.89. The Morgan fingerprint density at radius 2 is 1.88 bits per heavy atom. The number of hydrogen-bond acceptors (Lipinski definition) is 1. The smallest absolute Gasteiger partial charge is 0.364 e. The van der Waals surface area contributed by atoms with Gasteiger partial charge < -0.3 is 5.11 Å². The van der Waals surface area contributed by atoms with Crippen LogP contribution in [0.4, 0.5) is 8.78 Å². The van der Waals surface area contributed by atoms with E-state index in [0.29, 0.717) is 12.0 Å². The second-order valence-electron chi connectivity index (χ2n) is 3.38. The number of hydrogen-bond donors (Lipinski definition) is 1. The lowest BCUT2D eigenvalue weighted by atomic mass is 10.0. The van der Waals surface area contributed by atoms with E-state index in [0.717, 1.165) is 0 Å². The molecule has 2 nitrogen and oxygen atoms in total. The quantitative estimate of drug-likeness (QED) is 0.801. The highest BCUT2D eigenvalue weighted by molar-refractivity contribution is 5.84. The lowest BCUT2D eigenvalue weighted by Gasteiger charge is -2.05. The topological polar surface area (TPSA) is 37.3 Å². The third-order valence-corrected chi connectivity index (χ3v) is 2.26. The lowest BCUT2D eigenvalue weighted by Crippen LogP contribution is -2.02. The average molecular weight is 226 g/mol. The Labute approximate surface area is 92.2 Å². The Kier molecular flexibility index (Phi) is 4.17. The van der Waals surface area contributed by atoms with Gasteiger partial charge in [-0.25, -0.2) is 9.18 Å². The van der Waals surface area contributed by atoms with Gasteiger partial charge in [0, 0.05) is 0 Å². The molecule has 0 bridgehead atoms. The standard InChI is InChI=1S/C12H12F2O2/c1-2-9(11(14)12(15)16)7-8-3-5-10(13)6-4-8/h3-6H,2,7H2,1H3,(H,15,16). The second kappa shape index (κ2) is 5.39. The zero-order valence-corrected chi connectivity index (χ0v) is 8.84. The fourth-order valence-electron chi connectivity index (χ4n) is 1.36. The molecule has 0 aliphatic rings. The van der Waals surface area contributed by atoms with Crippen molar-refractivity contribution in [2.75, 3.05) is 0 Å². The summed E-state index contributed by atoms with van der Waals surface area (Å²) >= 11 is 0. The molecule has 1 rings (SSSR count). The van der Waals surface area contributed by atoms with Gasteiger partial charge in [-0.15, -0.1) is 0 Å². The third kappa shape index (κ3) is 3.15. The normalized spacial score (nSPS) is 12.2. The monoisotopic (exact) mass is 226 g/mol. The van der Waals surface area contributed by atoms with E-state index >= 15 is 0 Å². The van der Waals surface area contributed by atoms with Crippen LogP contribution in [0.3, 0.4) is 0 Å². The van der Waals surface area contributed by atoms with Crippen molar-refractivity contribution in [3.8, 4) is 0 Å². The van der Waals surface area contributed by atoms with E-state index in [1.165, 1.54) is 24.3 Å². The van der Waals surface area contributed by atoms with Crippen LogP contribution < -0.4 is 0 Å². The molecular formula is C12H12F2O2. The molecule has 4 heteroatoms. The first-order chi connectivity index (χ1) is 7.54. The first-order valence-corrected chi connectivity index (χ1v) is 4.89. The zero-order chi connectivity index (χ0) is 12.1. The molecule has 0 unspecified atom stereocenters. The first kappa shape index (κ1) is 12.4. The van der Waals surface area contributed by atoms with Crippen LogP contribution in [0.15, 0.2) is 35.7 Å². The molecule has 1 N–H and O–H groups in total. The van der Waals surface area contributed by atoms with Gasteiger partial charge in [0.05, 0.1) is 0 Å². The summed E-state index contributed by atoms with van der Waals surface area (Å²) in [4.78, 5) is 10.5. The second-order valence-corrected chi connectivity index (χ2v) is 3.38. The molecule has 0 heterocycles. The van der Waals surface area contributed by atoms with Gasteiger partial charge in [0.1, 0.15) is 5.82 Å². The summed E-state index contributed by atoms with van der Waals surface area (Å²) in [6, 6.07) is 5.56. The predicted molar refractivity (Wildman–Crippen MR) is 56.2 cm³/mol. The minimum absolute atomic E-state index is 0.189. The van der Waals surface area contributed by atoms with Gasteiger partial charge in [-0.05, 0) is 36.1 Å². The zero-order valence-electron chi connectivity index (χ0n) is 8.84. The van der Waals surface area contributed by atoms with E-state index in [4.69, 9.17) is 5.11 Å². The molecule has 1 aromatic rings. The van der Waals surface area contributed by atoms with Crippen molar-refractivity contribution in [3.63, 3.8) is 0 Å². The lowest BCUT2D eigenvalue weighted by molar-refractivity contribution is -0.134. The highest BCUT2D eigenvalue weighted by Gasteiger charge is 2.12. The van der Waals surface area contributed by atoms with Crippen molar-refractivity contribution in [1.82, 2.24) is 0 Å². The summed E-state index contributed by atoms with van der Waals surface area (Å²) in [7, 11) is 0. The molecule has 0 spiro atoms. The number of halogens is 2. The van der Waals surface area contributed by atoms with Crippen molar-refractivity contribution in [1.29, 1.82) is 0 Å². The van der Waals surface area contributed by atoms with Gasteiger partial charge in [-0.1, -0.05) is 19.1 Å². The number of rotatable bonds is 4. The summed E-state index contributed by atoms with van der Waals surface area (Å²) in [5.74, 6) is -3.05. The molecule has 86 valence electrons. The largest absolute Gasteiger partial charge is 0.476 e. The summed E-state index contributed by atoms with van der Waals surface area (Å²) in [6.45, 7) is 1.68. The predicted octanol–water partition coefficient (Wildman–Crippen LogP) is 3.09. The van der Waals surface area contributed by atoms with E-state index in [2.05, 4.69) is 0 Å². The van der Waals surface area contributed by atoms with Crippen LogP contribution in [-0.2, 0) is 11.2 Å². The SMILES string of the molecule is CCC(Cc1ccc(F)cc1)=C(F)C(=O)O. The summed E-state index contributed by atoms with van der Waals surface area (Å²) in [5, 5.41) is 8.51. The summed E-state index contributed by atoms with van der Waals surface area (Å²) in [5.41, 5.74) is 0.897. The molecule has 0 amide bonds. The Hall–Kier alpha value is -1.71. The van der Waals surface area contributed by atoms with Gasteiger partial charge in [-0.3, -0.25) is 0 Å². The van der Waals surface area contributed by atoms with Crippen LogP contribution in [0, 0.1) is 5.82 Å². The Morgan fingerprint density at radius 3 is 2.31 bits per heavy atom. The van der Waals surface area contributed by atoms with Crippen LogP contribution in [0.25, 0.3) is 0 Å². The van der Waals surface area contributed by atoms with Gasteiger partial charge >= 0.3 is 5.97 Å². The number of aliphatic carboxylic acids is 1. The summed E-state index contributed by atoms with van der Waals surface area (Å²) in [6.07, 6.45) is 0.504. The highest BCUT2D eigenvalue weighted by Crippen LogP contribution is 2.17. The molecule has 16 heavy (non-hydrogen) atoms. The number of carbonyl (C=O) groups is 1. The van der Waals surface area contributed by atoms with E-state index < -0.39 is 11.8 Å². The van der Waals surface area contributed by atoms with E-state index in [-0.39, 0.29) is 17.8 Å². The van der Waals surface area contributed by atoms with Crippen molar-refractivity contribution >= 4 is 5.97 Å². The van der Waals surface area contributed by atoms with E-state index in [9.17, 15) is 13.6 Å². The highest BCUT2D eigenvalue weighted by atomic mass is 19.1. The molecule has 0 atom stereocenters. The van der Waals surface area contributed by atoms with Crippen molar-refractivity contribution in [3.05, 3.63) is 47.0 Å². The fourth-order valence-corrected chi connectivity index (χ4v) is 1.36. The van der Waals surface area contributed by atoms with E-state index in [1.807, 2.05) is 0 Å². The molecule has 0 radical (unpaired) electrons. The summed E-state index contributed by atoms with van der Waals surface area (Å²) < 4.78 is 25.8. The molecule has 0 aliphatic heterocycles. The Morgan fingerprint density at radius 1 is 1.31 bits per heavy atom. The maximum atomic E-state index is 13.2. The van der Waals surface area contributed by atoms with E-state index in [1.54, 1.807) is 6.92 Å². The van der Waals surface area contributed by atoms with Gasteiger partial charge in [-0.2, -0.15) is 4.39 Å². The molecule has 0 aliphatic carbocycles. The number of benzene rings is 1. The maximum Gasteiger partial charge on any atom is 0.364 e. The van der Waals surface area contributed by atoms with Gasteiger partial charge in [0.15, 0.2) is 0 Å². The van der Waals surface area contributed by atoms with Crippen molar-refractivity contribution < 1.29 is 18.7 Å². The van der Waals surface area contributed by atoms with Crippen LogP contribution >= 0.6 is 0 Å². The fraction of sp³-hybridized carbons (Fsp3) is 0.250. The van der Waals surface area contributed by atoms with Gasteiger partial charge in [0.25, 0.3) is 0 Å². The van der Waals surface area contributed by atoms with Gasteiger partial charge in [0.2, 0.25) is 5.83 Å². The number of carboxylic acid groups (broad SMARTS) is 1. The van der Waals surface area contributed by atoms with Crippen LogP contribution in [0.5, 0.6) is 0 Å². The van der Waals surface area contributed by atoms with Crippen LogP contribution in [0.1, 0.15) is 18.9 Å². The maximum absolute atomic E-state index is 13.2. The average Bonchev–Trinajstić information content (AvgIpc) is 2.27.